The van der Waals surface area contributed by atoms with Crippen molar-refractivity contribution in [2.24, 2.45) is 0 Å². The van der Waals surface area contributed by atoms with Crippen molar-refractivity contribution in [1.29, 1.82) is 0 Å². The van der Waals surface area contributed by atoms with Gasteiger partial charge >= 0.3 is 0 Å². The van der Waals surface area contributed by atoms with Crippen LogP contribution in [0.1, 0.15) is 48.2 Å². The number of nitrogens with one attached hydrogen (secondary N) is 1. The standard InChI is InChI=1S/C16H25N5/c1-6-13-9-14(21(7-2)20-13)10-16(17-5)15-8-11(3)18-19-12(15)4/h8-9,16-17H,6-7,10H2,1-5H3. The van der Waals surface area contributed by atoms with Crippen LogP contribution < -0.4 is 5.32 Å². The number of hydrogen-bond acceptors (Lipinski definition) is 4. The molecule has 0 aliphatic heterocycles. The summed E-state index contributed by atoms with van der Waals surface area (Å²) in [5.41, 5.74) is 5.57. The van der Waals surface area contributed by atoms with E-state index in [1.807, 2.05) is 20.9 Å². The van der Waals surface area contributed by atoms with Crippen LogP contribution >= 0.6 is 0 Å². The van der Waals surface area contributed by atoms with E-state index < -0.39 is 0 Å². The van der Waals surface area contributed by atoms with Crippen LogP contribution in [0.3, 0.4) is 0 Å². The molecular weight excluding hydrogens is 262 g/mol. The Balaban J connectivity index is 2.30. The van der Waals surface area contributed by atoms with E-state index in [-0.39, 0.29) is 6.04 Å². The number of aryl methyl sites for hydroxylation is 4. The van der Waals surface area contributed by atoms with Crippen LogP contribution in [-0.4, -0.2) is 27.0 Å². The highest BCUT2D eigenvalue weighted by Gasteiger charge is 2.17. The summed E-state index contributed by atoms with van der Waals surface area (Å²) in [5.74, 6) is 0. The summed E-state index contributed by atoms with van der Waals surface area (Å²) in [7, 11) is 1.99. The third kappa shape index (κ3) is 3.47. The third-order valence-electron chi connectivity index (χ3n) is 3.85. The normalized spacial score (nSPS) is 12.6. The Hall–Kier alpha value is -1.75. The molecule has 0 amide bonds. The summed E-state index contributed by atoms with van der Waals surface area (Å²) in [5, 5.41) is 16.4. The average molecular weight is 287 g/mol. The van der Waals surface area contributed by atoms with E-state index in [9.17, 15) is 0 Å². The largest absolute Gasteiger partial charge is 0.313 e. The molecule has 5 heteroatoms. The predicted molar refractivity (Wildman–Crippen MR) is 84.3 cm³/mol. The van der Waals surface area contributed by atoms with Gasteiger partial charge in [0.2, 0.25) is 0 Å². The minimum atomic E-state index is 0.228. The molecule has 0 bridgehead atoms. The molecule has 2 heterocycles. The molecule has 21 heavy (non-hydrogen) atoms. The lowest BCUT2D eigenvalue weighted by Gasteiger charge is -2.18. The van der Waals surface area contributed by atoms with Gasteiger partial charge in [-0.15, -0.1) is 0 Å². The van der Waals surface area contributed by atoms with E-state index in [0.29, 0.717) is 0 Å². The Bertz CT molecular complexity index is 603. The Morgan fingerprint density at radius 2 is 1.95 bits per heavy atom. The van der Waals surface area contributed by atoms with E-state index in [1.54, 1.807) is 0 Å². The number of hydrogen-bond donors (Lipinski definition) is 1. The minimum absolute atomic E-state index is 0.228. The van der Waals surface area contributed by atoms with Crippen LogP contribution in [0.25, 0.3) is 0 Å². The molecule has 0 aliphatic rings. The van der Waals surface area contributed by atoms with E-state index in [4.69, 9.17) is 0 Å². The molecule has 0 spiro atoms. The molecule has 5 nitrogen and oxygen atoms in total. The number of likely N-dealkylation sites (N-methyl/N-ethyl adjacent to an activating group) is 1. The second-order valence-electron chi connectivity index (χ2n) is 5.37. The molecule has 2 aromatic rings. The SMILES string of the molecule is CCc1cc(CC(NC)c2cc(C)nnc2C)n(CC)n1. The summed E-state index contributed by atoms with van der Waals surface area (Å²) in [4.78, 5) is 0. The number of rotatable bonds is 6. The quantitative estimate of drug-likeness (QED) is 0.886. The molecule has 2 aromatic heterocycles. The molecule has 0 aliphatic carbocycles. The molecule has 114 valence electrons. The average Bonchev–Trinajstić information content (AvgIpc) is 2.89. The van der Waals surface area contributed by atoms with Gasteiger partial charge in [0, 0.05) is 24.7 Å². The van der Waals surface area contributed by atoms with E-state index in [2.05, 4.69) is 51.3 Å². The van der Waals surface area contributed by atoms with Crippen molar-refractivity contribution < 1.29 is 0 Å². The van der Waals surface area contributed by atoms with Crippen LogP contribution in [0.15, 0.2) is 12.1 Å². The predicted octanol–water partition coefficient (Wildman–Crippen LogP) is 2.38. The van der Waals surface area contributed by atoms with Crippen molar-refractivity contribution in [2.45, 2.75) is 53.1 Å². The van der Waals surface area contributed by atoms with Crippen molar-refractivity contribution in [3.63, 3.8) is 0 Å². The molecular formula is C16H25N5. The number of nitrogens with zero attached hydrogens (tertiary/aromatic N) is 4. The van der Waals surface area contributed by atoms with Gasteiger partial charge in [-0.05, 0) is 51.9 Å². The van der Waals surface area contributed by atoms with Gasteiger partial charge in [-0.2, -0.15) is 15.3 Å². The zero-order chi connectivity index (χ0) is 15.4. The second-order valence-corrected chi connectivity index (χ2v) is 5.37. The zero-order valence-corrected chi connectivity index (χ0v) is 13.6. The first-order chi connectivity index (χ1) is 10.1. The summed E-state index contributed by atoms with van der Waals surface area (Å²) in [6, 6.07) is 4.56. The Labute approximate surface area is 126 Å². The molecule has 0 saturated carbocycles. The summed E-state index contributed by atoms with van der Waals surface area (Å²) < 4.78 is 2.10. The van der Waals surface area contributed by atoms with Crippen LogP contribution in [-0.2, 0) is 19.4 Å². The Morgan fingerprint density at radius 1 is 1.19 bits per heavy atom. The van der Waals surface area contributed by atoms with Crippen molar-refractivity contribution >= 4 is 0 Å². The van der Waals surface area contributed by atoms with Crippen LogP contribution in [0.2, 0.25) is 0 Å². The molecule has 1 unspecified atom stereocenters. The van der Waals surface area contributed by atoms with Gasteiger partial charge in [0.05, 0.1) is 17.1 Å². The summed E-state index contributed by atoms with van der Waals surface area (Å²) in [6.07, 6.45) is 1.88. The van der Waals surface area contributed by atoms with Crippen molar-refractivity contribution in [3.05, 3.63) is 40.5 Å². The second kappa shape index (κ2) is 6.80. The van der Waals surface area contributed by atoms with Crippen molar-refractivity contribution in [3.8, 4) is 0 Å². The van der Waals surface area contributed by atoms with Crippen LogP contribution in [0.4, 0.5) is 0 Å². The van der Waals surface area contributed by atoms with Gasteiger partial charge in [-0.25, -0.2) is 0 Å². The van der Waals surface area contributed by atoms with Gasteiger partial charge in [0.1, 0.15) is 0 Å². The van der Waals surface area contributed by atoms with Crippen molar-refractivity contribution in [1.82, 2.24) is 25.3 Å². The molecule has 2 rings (SSSR count). The first-order valence-corrected chi connectivity index (χ1v) is 7.62. The highest BCUT2D eigenvalue weighted by atomic mass is 15.3. The maximum atomic E-state index is 4.63. The highest BCUT2D eigenvalue weighted by Crippen LogP contribution is 2.21. The lowest BCUT2D eigenvalue weighted by Crippen LogP contribution is -2.22. The van der Waals surface area contributed by atoms with Gasteiger partial charge < -0.3 is 5.32 Å². The highest BCUT2D eigenvalue weighted by molar-refractivity contribution is 5.26. The fraction of sp³-hybridized carbons (Fsp3) is 0.562. The van der Waals surface area contributed by atoms with Gasteiger partial charge in [-0.3, -0.25) is 4.68 Å². The third-order valence-corrected chi connectivity index (χ3v) is 3.85. The zero-order valence-electron chi connectivity index (χ0n) is 13.6. The lowest BCUT2D eigenvalue weighted by molar-refractivity contribution is 0.535. The monoisotopic (exact) mass is 287 g/mol. The fourth-order valence-corrected chi connectivity index (χ4v) is 2.63. The molecule has 1 N–H and O–H groups in total. The first-order valence-electron chi connectivity index (χ1n) is 7.62. The maximum absolute atomic E-state index is 4.63. The molecule has 0 saturated heterocycles. The lowest BCUT2D eigenvalue weighted by atomic mass is 10.0. The minimum Gasteiger partial charge on any atom is -0.313 e. The molecule has 0 fully saturated rings. The Morgan fingerprint density at radius 3 is 2.57 bits per heavy atom. The van der Waals surface area contributed by atoms with E-state index in [0.717, 1.165) is 36.5 Å². The maximum Gasteiger partial charge on any atom is 0.0648 e. The van der Waals surface area contributed by atoms with Crippen LogP contribution in [0, 0.1) is 13.8 Å². The van der Waals surface area contributed by atoms with E-state index >= 15 is 0 Å². The molecule has 0 radical (unpaired) electrons. The number of aromatic nitrogens is 4. The summed E-state index contributed by atoms with van der Waals surface area (Å²) in [6.45, 7) is 9.17. The Kier molecular flexibility index (Phi) is 5.07. The van der Waals surface area contributed by atoms with Gasteiger partial charge in [0.25, 0.3) is 0 Å². The molecule has 0 aromatic carbocycles. The smallest absolute Gasteiger partial charge is 0.0648 e. The topological polar surface area (TPSA) is 55.6 Å². The van der Waals surface area contributed by atoms with Crippen molar-refractivity contribution in [2.75, 3.05) is 7.05 Å². The van der Waals surface area contributed by atoms with Crippen LogP contribution in [0.5, 0.6) is 0 Å². The van der Waals surface area contributed by atoms with E-state index in [1.165, 1.54) is 11.3 Å². The van der Waals surface area contributed by atoms with Gasteiger partial charge in [-0.1, -0.05) is 6.92 Å². The first kappa shape index (κ1) is 15.6. The fourth-order valence-electron chi connectivity index (χ4n) is 2.63. The summed E-state index contributed by atoms with van der Waals surface area (Å²) >= 11 is 0. The van der Waals surface area contributed by atoms with Gasteiger partial charge in [0.15, 0.2) is 0 Å². The molecule has 1 atom stereocenters.